The van der Waals surface area contributed by atoms with Gasteiger partial charge >= 0.3 is 0 Å². The molecule has 1 aromatic heterocycles. The fourth-order valence-corrected chi connectivity index (χ4v) is 3.47. The van der Waals surface area contributed by atoms with Crippen molar-refractivity contribution in [2.45, 2.75) is 71.2 Å². The molecule has 0 aliphatic heterocycles. The Morgan fingerprint density at radius 3 is 2.33 bits per heavy atom. The highest BCUT2D eigenvalue weighted by Crippen LogP contribution is 2.34. The van der Waals surface area contributed by atoms with Crippen LogP contribution in [0, 0.1) is 5.92 Å². The summed E-state index contributed by atoms with van der Waals surface area (Å²) in [5.41, 5.74) is 3.88. The van der Waals surface area contributed by atoms with Crippen molar-refractivity contribution in [1.29, 1.82) is 0 Å². The molecule has 3 heteroatoms. The van der Waals surface area contributed by atoms with E-state index in [1.54, 1.807) is 0 Å². The van der Waals surface area contributed by atoms with E-state index in [9.17, 15) is 0 Å². The average Bonchev–Trinajstić information content (AvgIpc) is 2.77. The second kappa shape index (κ2) is 6.10. The van der Waals surface area contributed by atoms with Gasteiger partial charge in [0.05, 0.1) is 17.6 Å². The fraction of sp³-hybridized carbons (Fsp3) is 0.800. The van der Waals surface area contributed by atoms with Crippen LogP contribution in [-0.4, -0.2) is 9.78 Å². The van der Waals surface area contributed by atoms with Crippen molar-refractivity contribution in [3.63, 3.8) is 0 Å². The normalized spacial score (nSPS) is 24.4. The molecular formula is C15H25ClN2. The molecule has 0 spiro atoms. The lowest BCUT2D eigenvalue weighted by atomic mass is 9.87. The van der Waals surface area contributed by atoms with E-state index in [0.717, 1.165) is 18.8 Å². The molecule has 18 heavy (non-hydrogen) atoms. The second-order valence-electron chi connectivity index (χ2n) is 5.57. The van der Waals surface area contributed by atoms with Crippen molar-refractivity contribution in [2.75, 3.05) is 0 Å². The van der Waals surface area contributed by atoms with Crippen molar-refractivity contribution in [2.24, 2.45) is 5.92 Å². The standard InChI is InChI=1S/C15H25ClN2/c1-4-14-13(10-16)15(5-2)18(17-14)12-8-6-11(3)7-9-12/h11-12H,4-10H2,1-3H3. The number of aromatic nitrogens is 2. The van der Waals surface area contributed by atoms with E-state index in [4.69, 9.17) is 16.7 Å². The number of rotatable bonds is 4. The molecule has 0 bridgehead atoms. The molecule has 1 aliphatic rings. The van der Waals surface area contributed by atoms with Crippen LogP contribution < -0.4 is 0 Å². The molecule has 0 atom stereocenters. The molecule has 1 saturated carbocycles. The molecule has 1 aromatic rings. The van der Waals surface area contributed by atoms with Gasteiger partial charge in [-0.05, 0) is 44.4 Å². The van der Waals surface area contributed by atoms with Crippen molar-refractivity contribution >= 4 is 11.6 Å². The van der Waals surface area contributed by atoms with E-state index in [1.165, 1.54) is 42.6 Å². The third kappa shape index (κ3) is 2.59. The minimum atomic E-state index is 0.607. The molecule has 102 valence electrons. The first kappa shape index (κ1) is 13.9. The summed E-state index contributed by atoms with van der Waals surface area (Å²) < 4.78 is 2.31. The van der Waals surface area contributed by atoms with E-state index in [-0.39, 0.29) is 0 Å². The van der Waals surface area contributed by atoms with Gasteiger partial charge in [0, 0.05) is 11.3 Å². The fourth-order valence-electron chi connectivity index (χ4n) is 3.16. The molecule has 0 unspecified atom stereocenters. The lowest BCUT2D eigenvalue weighted by Crippen LogP contribution is -2.19. The zero-order chi connectivity index (χ0) is 13.1. The van der Waals surface area contributed by atoms with Gasteiger partial charge in [0.2, 0.25) is 0 Å². The Morgan fingerprint density at radius 2 is 1.83 bits per heavy atom. The minimum Gasteiger partial charge on any atom is -0.266 e. The van der Waals surface area contributed by atoms with Gasteiger partial charge in [-0.2, -0.15) is 5.10 Å². The van der Waals surface area contributed by atoms with Crippen LogP contribution in [0.1, 0.15) is 69.4 Å². The van der Waals surface area contributed by atoms with Crippen molar-refractivity contribution < 1.29 is 0 Å². The summed E-state index contributed by atoms with van der Waals surface area (Å²) in [6.07, 6.45) is 7.27. The largest absolute Gasteiger partial charge is 0.266 e. The van der Waals surface area contributed by atoms with Crippen molar-refractivity contribution in [3.8, 4) is 0 Å². The Bertz CT molecular complexity index is 389. The molecule has 2 nitrogen and oxygen atoms in total. The van der Waals surface area contributed by atoms with Crippen molar-refractivity contribution in [1.82, 2.24) is 9.78 Å². The van der Waals surface area contributed by atoms with Crippen LogP contribution in [0.15, 0.2) is 0 Å². The smallest absolute Gasteiger partial charge is 0.0669 e. The number of alkyl halides is 1. The average molecular weight is 269 g/mol. The lowest BCUT2D eigenvalue weighted by Gasteiger charge is -2.27. The summed E-state index contributed by atoms with van der Waals surface area (Å²) in [7, 11) is 0. The third-order valence-corrected chi connectivity index (χ3v) is 4.60. The molecule has 1 aliphatic carbocycles. The van der Waals surface area contributed by atoms with E-state index in [2.05, 4.69) is 25.5 Å². The summed E-state index contributed by atoms with van der Waals surface area (Å²) in [4.78, 5) is 0. The number of hydrogen-bond donors (Lipinski definition) is 0. The summed E-state index contributed by atoms with van der Waals surface area (Å²) in [5.74, 6) is 1.50. The Kier molecular flexibility index (Phi) is 4.71. The molecule has 0 radical (unpaired) electrons. The number of aryl methyl sites for hydroxylation is 1. The molecular weight excluding hydrogens is 244 g/mol. The van der Waals surface area contributed by atoms with Gasteiger partial charge in [-0.3, -0.25) is 4.68 Å². The monoisotopic (exact) mass is 268 g/mol. The predicted molar refractivity (Wildman–Crippen MR) is 77.2 cm³/mol. The van der Waals surface area contributed by atoms with Gasteiger partial charge < -0.3 is 0 Å². The zero-order valence-electron chi connectivity index (χ0n) is 11.9. The van der Waals surface area contributed by atoms with Crippen molar-refractivity contribution in [3.05, 3.63) is 17.0 Å². The third-order valence-electron chi connectivity index (χ3n) is 4.34. The number of nitrogens with zero attached hydrogens (tertiary/aromatic N) is 2. The number of hydrogen-bond acceptors (Lipinski definition) is 1. The minimum absolute atomic E-state index is 0.607. The lowest BCUT2D eigenvalue weighted by molar-refractivity contribution is 0.269. The maximum atomic E-state index is 6.12. The van der Waals surface area contributed by atoms with Gasteiger partial charge in [-0.1, -0.05) is 20.8 Å². The van der Waals surface area contributed by atoms with Gasteiger partial charge in [0.15, 0.2) is 0 Å². The van der Waals surface area contributed by atoms with Crippen LogP contribution in [0.3, 0.4) is 0 Å². The topological polar surface area (TPSA) is 17.8 Å². The second-order valence-corrected chi connectivity index (χ2v) is 5.84. The van der Waals surface area contributed by atoms with Crippen LogP contribution in [0.5, 0.6) is 0 Å². The van der Waals surface area contributed by atoms with Crippen LogP contribution >= 0.6 is 11.6 Å². The van der Waals surface area contributed by atoms with Crippen LogP contribution in [0.2, 0.25) is 0 Å². The summed E-state index contributed by atoms with van der Waals surface area (Å²) in [6.45, 7) is 6.75. The Hall–Kier alpha value is -0.500. The predicted octanol–water partition coefficient (Wildman–Crippen LogP) is 4.50. The Labute approximate surface area is 116 Å². The SMILES string of the molecule is CCc1nn(C2CCC(C)CC2)c(CC)c1CCl. The first-order chi connectivity index (χ1) is 8.71. The Balaban J connectivity index is 2.29. The first-order valence-corrected chi connectivity index (χ1v) is 7.89. The zero-order valence-corrected chi connectivity index (χ0v) is 12.6. The maximum Gasteiger partial charge on any atom is 0.0669 e. The molecule has 2 rings (SSSR count). The molecule has 1 heterocycles. The summed E-state index contributed by atoms with van der Waals surface area (Å²) >= 11 is 6.12. The molecule has 0 aromatic carbocycles. The molecule has 1 fully saturated rings. The van der Waals surface area contributed by atoms with Gasteiger partial charge in [-0.25, -0.2) is 0 Å². The highest BCUT2D eigenvalue weighted by molar-refractivity contribution is 6.17. The Morgan fingerprint density at radius 1 is 1.17 bits per heavy atom. The van der Waals surface area contributed by atoms with Crippen LogP contribution in [0.4, 0.5) is 0 Å². The highest BCUT2D eigenvalue weighted by Gasteiger charge is 2.24. The molecule has 0 saturated heterocycles. The van der Waals surface area contributed by atoms with Gasteiger partial charge in [0.25, 0.3) is 0 Å². The molecule has 0 N–H and O–H groups in total. The highest BCUT2D eigenvalue weighted by atomic mass is 35.5. The number of halogens is 1. The summed E-state index contributed by atoms with van der Waals surface area (Å²) in [6, 6.07) is 0.610. The first-order valence-electron chi connectivity index (χ1n) is 7.36. The maximum absolute atomic E-state index is 6.12. The van der Waals surface area contributed by atoms with E-state index < -0.39 is 0 Å². The molecule has 0 amide bonds. The van der Waals surface area contributed by atoms with Crippen LogP contribution in [0.25, 0.3) is 0 Å². The quantitative estimate of drug-likeness (QED) is 0.736. The van der Waals surface area contributed by atoms with E-state index >= 15 is 0 Å². The summed E-state index contributed by atoms with van der Waals surface area (Å²) in [5, 5.41) is 4.85. The van der Waals surface area contributed by atoms with E-state index in [0.29, 0.717) is 11.9 Å². The van der Waals surface area contributed by atoms with E-state index in [1.807, 2.05) is 0 Å². The van der Waals surface area contributed by atoms with Gasteiger partial charge in [-0.15, -0.1) is 11.6 Å². The van der Waals surface area contributed by atoms with Crippen LogP contribution in [-0.2, 0) is 18.7 Å². The van der Waals surface area contributed by atoms with Gasteiger partial charge in [0.1, 0.15) is 0 Å².